The Balaban J connectivity index is 1.82. The number of rotatable bonds is 3. The quantitative estimate of drug-likeness (QED) is 0.837. The van der Waals surface area contributed by atoms with Crippen molar-refractivity contribution in [3.8, 4) is 5.75 Å². The van der Waals surface area contributed by atoms with Crippen LogP contribution in [0.25, 0.3) is 0 Å². The second-order valence-electron chi connectivity index (χ2n) is 4.45. The van der Waals surface area contributed by atoms with E-state index in [1.165, 1.54) is 0 Å². The van der Waals surface area contributed by atoms with Crippen LogP contribution in [0, 0.1) is 0 Å². The van der Waals surface area contributed by atoms with Crippen molar-refractivity contribution >= 4 is 5.71 Å². The summed E-state index contributed by atoms with van der Waals surface area (Å²) in [5.74, 6) is 0.832. The molecule has 96 valence electrons. The lowest BCUT2D eigenvalue weighted by Gasteiger charge is -2.08. The average molecular weight is 253 g/mol. The lowest BCUT2D eigenvalue weighted by atomic mass is 10.00. The lowest BCUT2D eigenvalue weighted by molar-refractivity contribution is 0.0857. The summed E-state index contributed by atoms with van der Waals surface area (Å²) in [4.78, 5) is 5.54. The minimum absolute atomic E-state index is 0.00103. The van der Waals surface area contributed by atoms with Gasteiger partial charge in [0.2, 0.25) is 0 Å². The molecule has 0 N–H and O–H groups in total. The Morgan fingerprint density at radius 1 is 1.05 bits per heavy atom. The van der Waals surface area contributed by atoms with E-state index in [4.69, 9.17) is 9.57 Å². The highest BCUT2D eigenvalue weighted by Crippen LogP contribution is 2.31. The number of ether oxygens (including phenoxy) is 1. The Bertz CT molecular complexity index is 593. The van der Waals surface area contributed by atoms with E-state index in [2.05, 4.69) is 17.3 Å². The van der Waals surface area contributed by atoms with Gasteiger partial charge in [0.05, 0.1) is 12.8 Å². The van der Waals surface area contributed by atoms with E-state index in [-0.39, 0.29) is 6.10 Å². The first-order chi connectivity index (χ1) is 9.38. The number of nitrogens with zero attached hydrogens (tertiary/aromatic N) is 1. The molecule has 1 aliphatic rings. The van der Waals surface area contributed by atoms with Gasteiger partial charge < -0.3 is 9.57 Å². The number of oxime groups is 1. The largest absolute Gasteiger partial charge is 0.496 e. The second kappa shape index (κ2) is 5.14. The van der Waals surface area contributed by atoms with Gasteiger partial charge >= 0.3 is 0 Å². The second-order valence-corrected chi connectivity index (χ2v) is 4.45. The van der Waals surface area contributed by atoms with Crippen molar-refractivity contribution in [3.63, 3.8) is 0 Å². The molecule has 0 saturated carbocycles. The summed E-state index contributed by atoms with van der Waals surface area (Å²) >= 11 is 0. The summed E-state index contributed by atoms with van der Waals surface area (Å²) < 4.78 is 5.36. The van der Waals surface area contributed by atoms with E-state index in [1.807, 2.05) is 42.5 Å². The molecular weight excluding hydrogens is 238 g/mol. The molecule has 0 radical (unpaired) electrons. The van der Waals surface area contributed by atoms with E-state index in [0.29, 0.717) is 0 Å². The Labute approximate surface area is 112 Å². The number of methoxy groups -OCH3 is 1. The van der Waals surface area contributed by atoms with Gasteiger partial charge in [-0.1, -0.05) is 47.6 Å². The van der Waals surface area contributed by atoms with Gasteiger partial charge in [0.15, 0.2) is 6.10 Å². The molecule has 3 nitrogen and oxygen atoms in total. The fraction of sp³-hybridized carbons (Fsp3) is 0.188. The molecule has 1 unspecified atom stereocenters. The molecule has 0 bridgehead atoms. The van der Waals surface area contributed by atoms with Gasteiger partial charge in [0.25, 0.3) is 0 Å². The van der Waals surface area contributed by atoms with Gasteiger partial charge in [0.1, 0.15) is 5.75 Å². The third-order valence-electron chi connectivity index (χ3n) is 3.26. The first-order valence-electron chi connectivity index (χ1n) is 6.29. The van der Waals surface area contributed by atoms with Crippen LogP contribution in [0.5, 0.6) is 5.75 Å². The fourth-order valence-corrected chi connectivity index (χ4v) is 2.27. The molecule has 0 saturated heterocycles. The number of para-hydroxylation sites is 1. The highest BCUT2D eigenvalue weighted by Gasteiger charge is 2.25. The first-order valence-corrected chi connectivity index (χ1v) is 6.29. The molecule has 0 amide bonds. The molecule has 19 heavy (non-hydrogen) atoms. The lowest BCUT2D eigenvalue weighted by Crippen LogP contribution is -2.03. The molecule has 0 aliphatic carbocycles. The number of benzene rings is 2. The van der Waals surface area contributed by atoms with Gasteiger partial charge in [-0.25, -0.2) is 0 Å². The number of hydrogen-bond donors (Lipinski definition) is 0. The molecule has 1 aliphatic heterocycles. The predicted octanol–water partition coefficient (Wildman–Crippen LogP) is 3.56. The molecule has 1 heterocycles. The van der Waals surface area contributed by atoms with E-state index in [1.54, 1.807) is 7.11 Å². The average Bonchev–Trinajstić information content (AvgIpc) is 2.98. The SMILES string of the molecule is COc1ccccc1C1=NOC(c2ccccc2)C1. The Kier molecular flexibility index (Phi) is 3.19. The number of hydrogen-bond acceptors (Lipinski definition) is 3. The van der Waals surface area contributed by atoms with Crippen LogP contribution >= 0.6 is 0 Å². The van der Waals surface area contributed by atoms with Crippen molar-refractivity contribution in [3.05, 3.63) is 65.7 Å². The van der Waals surface area contributed by atoms with E-state index >= 15 is 0 Å². The molecule has 1 atom stereocenters. The van der Waals surface area contributed by atoms with Crippen molar-refractivity contribution in [2.24, 2.45) is 5.16 Å². The zero-order valence-corrected chi connectivity index (χ0v) is 10.7. The van der Waals surface area contributed by atoms with Gasteiger partial charge in [0, 0.05) is 12.0 Å². The zero-order chi connectivity index (χ0) is 13.1. The third kappa shape index (κ3) is 2.32. The third-order valence-corrected chi connectivity index (χ3v) is 3.26. The maximum Gasteiger partial charge on any atom is 0.158 e. The first kappa shape index (κ1) is 11.8. The van der Waals surface area contributed by atoms with Crippen molar-refractivity contribution in [1.82, 2.24) is 0 Å². The highest BCUT2D eigenvalue weighted by atomic mass is 16.6. The van der Waals surface area contributed by atoms with Gasteiger partial charge in [-0.3, -0.25) is 0 Å². The summed E-state index contributed by atoms with van der Waals surface area (Å²) in [6.07, 6.45) is 0.769. The van der Waals surface area contributed by atoms with E-state index in [0.717, 1.165) is 29.0 Å². The Morgan fingerprint density at radius 2 is 1.79 bits per heavy atom. The van der Waals surface area contributed by atoms with Crippen molar-refractivity contribution in [1.29, 1.82) is 0 Å². The van der Waals surface area contributed by atoms with Crippen LogP contribution in [-0.2, 0) is 4.84 Å². The smallest absolute Gasteiger partial charge is 0.158 e. The molecular formula is C16H15NO2. The summed E-state index contributed by atoms with van der Waals surface area (Å²) in [5.41, 5.74) is 3.09. The van der Waals surface area contributed by atoms with Gasteiger partial charge in [-0.05, 0) is 17.7 Å². The van der Waals surface area contributed by atoms with Crippen LogP contribution in [0.4, 0.5) is 0 Å². The van der Waals surface area contributed by atoms with Crippen LogP contribution in [0.3, 0.4) is 0 Å². The standard InChI is InChI=1S/C16H15NO2/c1-18-15-10-6-5-9-13(15)14-11-16(19-17-14)12-7-3-2-4-8-12/h2-10,16H,11H2,1H3. The maximum absolute atomic E-state index is 5.54. The molecule has 3 heteroatoms. The topological polar surface area (TPSA) is 30.8 Å². The van der Waals surface area contributed by atoms with E-state index in [9.17, 15) is 0 Å². The van der Waals surface area contributed by atoms with Gasteiger partial charge in [-0.2, -0.15) is 0 Å². The minimum Gasteiger partial charge on any atom is -0.496 e. The predicted molar refractivity (Wildman–Crippen MR) is 74.4 cm³/mol. The minimum atomic E-state index is 0.00103. The zero-order valence-electron chi connectivity index (χ0n) is 10.7. The van der Waals surface area contributed by atoms with Crippen molar-refractivity contribution < 1.29 is 9.57 Å². The monoisotopic (exact) mass is 253 g/mol. The fourth-order valence-electron chi connectivity index (χ4n) is 2.27. The molecule has 2 aromatic carbocycles. The van der Waals surface area contributed by atoms with Crippen LogP contribution in [-0.4, -0.2) is 12.8 Å². The summed E-state index contributed by atoms with van der Waals surface area (Å²) in [5, 5.41) is 4.21. The summed E-state index contributed by atoms with van der Waals surface area (Å²) in [7, 11) is 1.67. The normalized spacial score (nSPS) is 17.7. The maximum atomic E-state index is 5.54. The molecule has 0 fully saturated rings. The molecule has 2 aromatic rings. The molecule has 3 rings (SSSR count). The van der Waals surface area contributed by atoms with Crippen molar-refractivity contribution in [2.45, 2.75) is 12.5 Å². The van der Waals surface area contributed by atoms with Crippen LogP contribution in [0.2, 0.25) is 0 Å². The van der Waals surface area contributed by atoms with Crippen LogP contribution in [0.1, 0.15) is 23.7 Å². The Morgan fingerprint density at radius 3 is 2.58 bits per heavy atom. The van der Waals surface area contributed by atoms with Gasteiger partial charge in [-0.15, -0.1) is 0 Å². The van der Waals surface area contributed by atoms with E-state index < -0.39 is 0 Å². The van der Waals surface area contributed by atoms with Crippen LogP contribution < -0.4 is 4.74 Å². The summed E-state index contributed by atoms with van der Waals surface area (Å²) in [6, 6.07) is 18.0. The molecule has 0 spiro atoms. The van der Waals surface area contributed by atoms with Crippen LogP contribution in [0.15, 0.2) is 59.8 Å². The summed E-state index contributed by atoms with van der Waals surface area (Å²) in [6.45, 7) is 0. The van der Waals surface area contributed by atoms with Crippen molar-refractivity contribution in [2.75, 3.05) is 7.11 Å². The Hall–Kier alpha value is -2.29. The highest BCUT2D eigenvalue weighted by molar-refractivity contribution is 6.03. The molecule has 0 aromatic heterocycles.